The molecule has 2 saturated heterocycles. The van der Waals surface area contributed by atoms with E-state index in [2.05, 4.69) is 28.7 Å². The minimum atomic E-state index is -0.924. The van der Waals surface area contributed by atoms with Gasteiger partial charge in [0.15, 0.2) is 23.1 Å². The first-order chi connectivity index (χ1) is 23.8. The van der Waals surface area contributed by atoms with E-state index < -0.39 is 11.7 Å². The number of piperidine rings is 1. The standard InChI is InChI=1S/C36H37F2N9O2/c1-23(37)36(48)45-14-11-24(12-15-45)39-30-22-49-31-21-25(7-8-27(30)31)47-34(26-5-3-4-6-28(26)38)40-29-9-10-32(41-35(29)47)46-16-13-33(42-46)44-19-17-43(2)18-20-44/h3-10,13,16,21,24,30,39H,1,11-12,14-15,17-20,22H2,2H3. The van der Waals surface area contributed by atoms with Crippen LogP contribution in [0.15, 0.2) is 79.3 Å². The van der Waals surface area contributed by atoms with E-state index in [9.17, 15) is 9.18 Å². The van der Waals surface area contributed by atoms with Crippen molar-refractivity contribution < 1.29 is 18.3 Å². The van der Waals surface area contributed by atoms with Gasteiger partial charge in [0.05, 0.1) is 17.3 Å². The first kappa shape index (κ1) is 31.1. The number of rotatable bonds is 7. The molecule has 0 spiro atoms. The van der Waals surface area contributed by atoms with Crippen LogP contribution in [0.4, 0.5) is 14.6 Å². The average Bonchev–Trinajstić information content (AvgIpc) is 3.86. The Kier molecular flexibility index (Phi) is 8.08. The number of nitrogens with zero attached hydrogens (tertiary/aromatic N) is 8. The largest absolute Gasteiger partial charge is 0.491 e. The number of piperazine rings is 1. The number of likely N-dealkylation sites (N-methyl/N-ethyl adjacent to an activating group) is 1. The Balaban J connectivity index is 1.11. The number of carbonyl (C=O) groups is 1. The van der Waals surface area contributed by atoms with Crippen molar-refractivity contribution in [3.05, 3.63) is 90.6 Å². The summed E-state index contributed by atoms with van der Waals surface area (Å²) in [6.07, 6.45) is 3.32. The predicted molar refractivity (Wildman–Crippen MR) is 182 cm³/mol. The van der Waals surface area contributed by atoms with Crippen molar-refractivity contribution in [2.75, 3.05) is 57.8 Å². The third-order valence-corrected chi connectivity index (χ3v) is 9.73. The van der Waals surface area contributed by atoms with Crippen molar-refractivity contribution in [1.29, 1.82) is 0 Å². The van der Waals surface area contributed by atoms with Crippen LogP contribution in [0, 0.1) is 5.82 Å². The highest BCUT2D eigenvalue weighted by molar-refractivity contribution is 5.90. The third-order valence-electron chi connectivity index (χ3n) is 9.73. The molecule has 0 aliphatic carbocycles. The molecule has 5 aromatic rings. The van der Waals surface area contributed by atoms with Crippen molar-refractivity contribution in [2.45, 2.75) is 24.9 Å². The molecule has 49 heavy (non-hydrogen) atoms. The lowest BCUT2D eigenvalue weighted by atomic mass is 10.0. The van der Waals surface area contributed by atoms with Gasteiger partial charge < -0.3 is 24.8 Å². The molecule has 3 aliphatic rings. The lowest BCUT2D eigenvalue weighted by Gasteiger charge is -2.33. The fourth-order valence-electron chi connectivity index (χ4n) is 6.97. The number of hydrogen-bond acceptors (Lipinski definition) is 8. The van der Waals surface area contributed by atoms with Crippen LogP contribution in [0.25, 0.3) is 34.1 Å². The van der Waals surface area contributed by atoms with E-state index >= 15 is 4.39 Å². The van der Waals surface area contributed by atoms with Crippen LogP contribution in [0.3, 0.4) is 0 Å². The molecular weight excluding hydrogens is 628 g/mol. The van der Waals surface area contributed by atoms with Crippen molar-refractivity contribution in [1.82, 2.24) is 39.4 Å². The second-order valence-electron chi connectivity index (χ2n) is 12.9. The first-order valence-electron chi connectivity index (χ1n) is 16.6. The van der Waals surface area contributed by atoms with Crippen LogP contribution in [-0.2, 0) is 4.79 Å². The molecule has 252 valence electrons. The summed E-state index contributed by atoms with van der Waals surface area (Å²) < 4.78 is 38.5. The van der Waals surface area contributed by atoms with Crippen LogP contribution >= 0.6 is 0 Å². The minimum absolute atomic E-state index is 0.0444. The third kappa shape index (κ3) is 5.93. The Morgan fingerprint density at radius 3 is 2.53 bits per heavy atom. The summed E-state index contributed by atoms with van der Waals surface area (Å²) in [5.74, 6) is 0.738. The number of anilines is 1. The number of fused-ring (bicyclic) bond motifs is 2. The summed E-state index contributed by atoms with van der Waals surface area (Å²) in [4.78, 5) is 28.0. The van der Waals surface area contributed by atoms with Crippen LogP contribution in [-0.4, -0.2) is 99.0 Å². The molecule has 0 bridgehead atoms. The number of amides is 1. The molecule has 1 unspecified atom stereocenters. The smallest absolute Gasteiger partial charge is 0.281 e. The molecule has 11 nitrogen and oxygen atoms in total. The van der Waals surface area contributed by atoms with Gasteiger partial charge in [-0.1, -0.05) is 24.8 Å². The molecule has 6 heterocycles. The molecule has 13 heteroatoms. The molecule has 2 fully saturated rings. The molecule has 2 aromatic carbocycles. The van der Waals surface area contributed by atoms with Gasteiger partial charge in [0.2, 0.25) is 0 Å². The number of pyridine rings is 1. The Bertz CT molecular complexity index is 2040. The summed E-state index contributed by atoms with van der Waals surface area (Å²) in [5, 5.41) is 8.52. The van der Waals surface area contributed by atoms with Gasteiger partial charge in [-0.15, -0.1) is 5.10 Å². The van der Waals surface area contributed by atoms with Crippen molar-refractivity contribution in [2.24, 2.45) is 0 Å². The highest BCUT2D eigenvalue weighted by Gasteiger charge is 2.31. The fraction of sp³-hybridized carbons (Fsp3) is 0.333. The first-order valence-corrected chi connectivity index (χ1v) is 16.6. The zero-order valence-electron chi connectivity index (χ0n) is 27.2. The number of ether oxygens (including phenoxy) is 1. The number of aromatic nitrogens is 5. The van der Waals surface area contributed by atoms with E-state index in [1.165, 1.54) is 11.0 Å². The van der Waals surface area contributed by atoms with E-state index in [4.69, 9.17) is 19.8 Å². The van der Waals surface area contributed by atoms with Crippen LogP contribution in [0.2, 0.25) is 0 Å². The summed E-state index contributed by atoms with van der Waals surface area (Å²) in [7, 11) is 2.13. The lowest BCUT2D eigenvalue weighted by molar-refractivity contribution is -0.129. The Morgan fingerprint density at radius 2 is 1.76 bits per heavy atom. The number of carbonyl (C=O) groups excluding carboxylic acids is 1. The monoisotopic (exact) mass is 665 g/mol. The second-order valence-corrected chi connectivity index (χ2v) is 12.9. The predicted octanol–water partition coefficient (Wildman–Crippen LogP) is 4.66. The zero-order chi connectivity index (χ0) is 33.6. The normalized spacial score (nSPS) is 18.6. The highest BCUT2D eigenvalue weighted by atomic mass is 19.1. The van der Waals surface area contributed by atoms with Gasteiger partial charge in [-0.2, -0.15) is 0 Å². The topological polar surface area (TPSA) is 96.6 Å². The van der Waals surface area contributed by atoms with E-state index in [-0.39, 0.29) is 17.9 Å². The van der Waals surface area contributed by atoms with Gasteiger partial charge in [0.1, 0.15) is 29.5 Å². The van der Waals surface area contributed by atoms with E-state index in [0.717, 1.165) is 49.0 Å². The van der Waals surface area contributed by atoms with Gasteiger partial charge in [-0.3, -0.25) is 9.36 Å². The molecule has 1 atom stereocenters. The number of nitrogens with one attached hydrogen (secondary N) is 1. The molecule has 8 rings (SSSR count). The summed E-state index contributed by atoms with van der Waals surface area (Å²) >= 11 is 0. The van der Waals surface area contributed by atoms with Gasteiger partial charge in [0, 0.05) is 69.2 Å². The Morgan fingerprint density at radius 1 is 0.959 bits per heavy atom. The summed E-state index contributed by atoms with van der Waals surface area (Å²) in [6, 6.07) is 18.4. The maximum absolute atomic E-state index is 15.3. The molecule has 0 radical (unpaired) electrons. The molecule has 0 saturated carbocycles. The molecule has 1 amide bonds. The van der Waals surface area contributed by atoms with Crippen molar-refractivity contribution in [3.8, 4) is 28.6 Å². The lowest BCUT2D eigenvalue weighted by Crippen LogP contribution is -2.46. The van der Waals surface area contributed by atoms with Crippen LogP contribution < -0.4 is 15.0 Å². The number of halogens is 2. The maximum atomic E-state index is 15.3. The number of likely N-dealkylation sites (tertiary alicyclic amines) is 1. The van der Waals surface area contributed by atoms with Gasteiger partial charge in [-0.05, 0) is 50.2 Å². The number of benzene rings is 2. The number of imidazole rings is 1. The summed E-state index contributed by atoms with van der Waals surface area (Å²) in [5.41, 5.74) is 3.30. The van der Waals surface area contributed by atoms with E-state index in [1.54, 1.807) is 22.9 Å². The second kappa shape index (κ2) is 12.7. The van der Waals surface area contributed by atoms with Crippen molar-refractivity contribution in [3.63, 3.8) is 0 Å². The van der Waals surface area contributed by atoms with Crippen molar-refractivity contribution >= 4 is 22.9 Å². The SMILES string of the molecule is C=C(F)C(=O)N1CCC(NC2COc3cc(-n4c(-c5ccccc5F)nc5ccc(-n6ccc(N7CCN(C)CC7)n6)nc54)ccc32)CC1. The van der Waals surface area contributed by atoms with Crippen LogP contribution in [0.5, 0.6) is 5.75 Å². The van der Waals surface area contributed by atoms with Gasteiger partial charge in [-0.25, -0.2) is 23.4 Å². The maximum Gasteiger partial charge on any atom is 0.281 e. The molecule has 1 N–H and O–H groups in total. The summed E-state index contributed by atoms with van der Waals surface area (Å²) in [6.45, 7) is 8.30. The highest BCUT2D eigenvalue weighted by Crippen LogP contribution is 2.37. The quantitative estimate of drug-likeness (QED) is 0.251. The van der Waals surface area contributed by atoms with E-state index in [1.807, 2.05) is 47.2 Å². The Hall–Kier alpha value is -5.14. The Labute approximate surface area is 282 Å². The van der Waals surface area contributed by atoms with Crippen LogP contribution in [0.1, 0.15) is 24.4 Å². The minimum Gasteiger partial charge on any atom is -0.491 e. The average molecular weight is 666 g/mol. The van der Waals surface area contributed by atoms with Gasteiger partial charge in [0.25, 0.3) is 5.91 Å². The van der Waals surface area contributed by atoms with E-state index in [0.29, 0.717) is 60.9 Å². The molecule has 3 aliphatic heterocycles. The fourth-order valence-corrected chi connectivity index (χ4v) is 6.97. The number of hydrogen-bond donors (Lipinski definition) is 1. The molecule has 3 aromatic heterocycles. The molecular formula is C36H37F2N9O2. The zero-order valence-corrected chi connectivity index (χ0v) is 27.2. The van der Waals surface area contributed by atoms with Gasteiger partial charge >= 0.3 is 0 Å².